The van der Waals surface area contributed by atoms with E-state index in [1.54, 1.807) is 0 Å². The zero-order chi connectivity index (χ0) is 17.6. The van der Waals surface area contributed by atoms with Gasteiger partial charge in [0.05, 0.1) is 5.56 Å². The monoisotopic (exact) mass is 345 g/mol. The second-order valence-corrected chi connectivity index (χ2v) is 5.87. The lowest BCUT2D eigenvalue weighted by molar-refractivity contribution is -0.137. The summed E-state index contributed by atoms with van der Waals surface area (Å²) in [7, 11) is 0. The minimum Gasteiger partial charge on any atom is -0.474 e. The van der Waals surface area contributed by atoms with Crippen LogP contribution >= 0.6 is 0 Å². The van der Waals surface area contributed by atoms with Crippen molar-refractivity contribution in [3.8, 4) is 5.88 Å². The van der Waals surface area contributed by atoms with E-state index in [1.807, 2.05) is 6.92 Å². The molecular formula is C16H22F3N3O2. The Morgan fingerprint density at radius 1 is 1.29 bits per heavy atom. The highest BCUT2D eigenvalue weighted by atomic mass is 19.4. The second-order valence-electron chi connectivity index (χ2n) is 5.87. The van der Waals surface area contributed by atoms with Crippen molar-refractivity contribution in [2.75, 3.05) is 6.54 Å². The summed E-state index contributed by atoms with van der Waals surface area (Å²) in [6.45, 7) is 2.63. The Kier molecular flexibility index (Phi) is 6.28. The van der Waals surface area contributed by atoms with Crippen molar-refractivity contribution >= 4 is 6.03 Å². The van der Waals surface area contributed by atoms with Gasteiger partial charge in [-0.05, 0) is 38.2 Å². The summed E-state index contributed by atoms with van der Waals surface area (Å²) in [6.07, 6.45) is 0.159. The third kappa shape index (κ3) is 5.58. The Morgan fingerprint density at radius 2 is 2.00 bits per heavy atom. The molecule has 2 N–H and O–H groups in total. The van der Waals surface area contributed by atoms with Gasteiger partial charge < -0.3 is 15.4 Å². The molecule has 24 heavy (non-hydrogen) atoms. The van der Waals surface area contributed by atoms with Crippen LogP contribution in [0.15, 0.2) is 18.3 Å². The van der Waals surface area contributed by atoms with Crippen molar-refractivity contribution in [3.05, 3.63) is 23.9 Å². The summed E-state index contributed by atoms with van der Waals surface area (Å²) in [5.41, 5.74) is -0.791. The molecule has 0 unspecified atom stereocenters. The highest BCUT2D eigenvalue weighted by Gasteiger charge is 2.31. The second kappa shape index (κ2) is 8.21. The van der Waals surface area contributed by atoms with Crippen LogP contribution in [0.4, 0.5) is 18.0 Å². The van der Waals surface area contributed by atoms with Gasteiger partial charge in [-0.15, -0.1) is 0 Å². The Morgan fingerprint density at radius 3 is 2.54 bits per heavy atom. The number of ether oxygens (including phenoxy) is 1. The first kappa shape index (κ1) is 18.4. The number of urea groups is 1. The first-order valence-electron chi connectivity index (χ1n) is 8.12. The van der Waals surface area contributed by atoms with Crippen LogP contribution in [0.2, 0.25) is 0 Å². The van der Waals surface area contributed by atoms with Crippen LogP contribution in [0.25, 0.3) is 0 Å². The number of hydrogen-bond donors (Lipinski definition) is 2. The molecule has 1 aromatic heterocycles. The van der Waals surface area contributed by atoms with Gasteiger partial charge in [-0.3, -0.25) is 0 Å². The number of pyridine rings is 1. The van der Waals surface area contributed by atoms with Crippen molar-refractivity contribution in [3.63, 3.8) is 0 Å². The average molecular weight is 345 g/mol. The van der Waals surface area contributed by atoms with Gasteiger partial charge in [-0.2, -0.15) is 13.2 Å². The molecule has 0 spiro atoms. The average Bonchev–Trinajstić information content (AvgIpc) is 2.54. The Bertz CT molecular complexity index is 526. The molecule has 0 saturated heterocycles. The van der Waals surface area contributed by atoms with Gasteiger partial charge >= 0.3 is 12.2 Å². The van der Waals surface area contributed by atoms with E-state index in [1.165, 1.54) is 6.07 Å². The van der Waals surface area contributed by atoms with Crippen molar-refractivity contribution in [2.24, 2.45) is 0 Å². The Balaban J connectivity index is 1.76. The predicted octanol–water partition coefficient (Wildman–Crippen LogP) is 3.50. The van der Waals surface area contributed by atoms with E-state index in [2.05, 4.69) is 15.6 Å². The van der Waals surface area contributed by atoms with Crippen LogP contribution in [0.5, 0.6) is 5.88 Å². The minimum absolute atomic E-state index is 0.0917. The molecule has 1 saturated carbocycles. The van der Waals surface area contributed by atoms with E-state index in [0.717, 1.165) is 44.4 Å². The summed E-state index contributed by atoms with van der Waals surface area (Å²) in [6, 6.07) is 2.15. The van der Waals surface area contributed by atoms with E-state index >= 15 is 0 Å². The van der Waals surface area contributed by atoms with Crippen molar-refractivity contribution in [1.82, 2.24) is 15.6 Å². The van der Waals surface area contributed by atoms with E-state index in [9.17, 15) is 18.0 Å². The maximum absolute atomic E-state index is 12.5. The van der Waals surface area contributed by atoms with Gasteiger partial charge in [0.2, 0.25) is 5.88 Å². The van der Waals surface area contributed by atoms with E-state index in [4.69, 9.17) is 4.74 Å². The summed E-state index contributed by atoms with van der Waals surface area (Å²) >= 11 is 0. The quantitative estimate of drug-likeness (QED) is 0.858. The highest BCUT2D eigenvalue weighted by molar-refractivity contribution is 5.74. The maximum Gasteiger partial charge on any atom is 0.417 e. The number of amides is 2. The lowest BCUT2D eigenvalue weighted by Gasteiger charge is -2.29. The van der Waals surface area contributed by atoms with Gasteiger partial charge in [-0.1, -0.05) is 6.92 Å². The molecule has 0 aromatic carbocycles. The molecule has 134 valence electrons. The topological polar surface area (TPSA) is 63.2 Å². The van der Waals surface area contributed by atoms with E-state index in [-0.39, 0.29) is 24.1 Å². The van der Waals surface area contributed by atoms with Crippen molar-refractivity contribution in [1.29, 1.82) is 0 Å². The van der Waals surface area contributed by atoms with Crippen molar-refractivity contribution < 1.29 is 22.7 Å². The molecule has 2 amide bonds. The first-order chi connectivity index (χ1) is 11.4. The van der Waals surface area contributed by atoms with Crippen LogP contribution in [0, 0.1) is 0 Å². The predicted molar refractivity (Wildman–Crippen MR) is 82.7 cm³/mol. The Labute approximate surface area is 139 Å². The van der Waals surface area contributed by atoms with E-state index in [0.29, 0.717) is 6.54 Å². The SMILES string of the molecule is CCCNC(=O)NC1CCC(Oc2ccc(C(F)(F)F)cn2)CC1. The number of carbonyl (C=O) groups is 1. The molecule has 1 heterocycles. The number of nitrogens with one attached hydrogen (secondary N) is 2. The number of alkyl halides is 3. The fourth-order valence-corrected chi connectivity index (χ4v) is 2.59. The number of nitrogens with zero attached hydrogens (tertiary/aromatic N) is 1. The molecule has 1 aliphatic rings. The standard InChI is InChI=1S/C16H22F3N3O2/c1-2-9-20-15(23)22-12-4-6-13(7-5-12)24-14-8-3-11(10-21-14)16(17,18)19/h3,8,10,12-13H,2,4-7,9H2,1H3,(H2,20,22,23). The third-order valence-electron chi connectivity index (χ3n) is 3.90. The summed E-state index contributed by atoms with van der Waals surface area (Å²) in [4.78, 5) is 15.3. The molecule has 1 fully saturated rings. The fraction of sp³-hybridized carbons (Fsp3) is 0.625. The van der Waals surface area contributed by atoms with Gasteiger partial charge in [-0.25, -0.2) is 9.78 Å². The number of hydrogen-bond acceptors (Lipinski definition) is 3. The summed E-state index contributed by atoms with van der Waals surface area (Å²) in [5.74, 6) is 0.195. The summed E-state index contributed by atoms with van der Waals surface area (Å²) < 4.78 is 43.1. The zero-order valence-electron chi connectivity index (χ0n) is 13.5. The van der Waals surface area contributed by atoms with Crippen LogP contribution in [0.1, 0.15) is 44.6 Å². The van der Waals surface area contributed by atoms with Gasteiger partial charge in [0, 0.05) is 24.8 Å². The van der Waals surface area contributed by atoms with E-state index < -0.39 is 11.7 Å². The molecule has 5 nitrogen and oxygen atoms in total. The lowest BCUT2D eigenvalue weighted by atomic mass is 9.93. The number of rotatable bonds is 5. The molecule has 0 atom stereocenters. The van der Waals surface area contributed by atoms with Crippen LogP contribution < -0.4 is 15.4 Å². The number of carbonyl (C=O) groups excluding carboxylic acids is 1. The Hall–Kier alpha value is -1.99. The highest BCUT2D eigenvalue weighted by Crippen LogP contribution is 2.30. The van der Waals surface area contributed by atoms with Crippen LogP contribution in [-0.2, 0) is 6.18 Å². The van der Waals surface area contributed by atoms with Gasteiger partial charge in [0.1, 0.15) is 6.10 Å². The molecule has 0 bridgehead atoms. The molecule has 0 radical (unpaired) electrons. The third-order valence-corrected chi connectivity index (χ3v) is 3.90. The maximum atomic E-state index is 12.5. The number of aromatic nitrogens is 1. The molecular weight excluding hydrogens is 323 g/mol. The number of halogens is 3. The van der Waals surface area contributed by atoms with Crippen molar-refractivity contribution in [2.45, 2.75) is 57.3 Å². The zero-order valence-corrected chi connectivity index (χ0v) is 13.5. The molecule has 8 heteroatoms. The van der Waals surface area contributed by atoms with Gasteiger partial charge in [0.15, 0.2) is 0 Å². The smallest absolute Gasteiger partial charge is 0.417 e. The normalized spacial score (nSPS) is 21.2. The molecule has 0 aliphatic heterocycles. The summed E-state index contributed by atoms with van der Waals surface area (Å²) in [5, 5.41) is 5.68. The van der Waals surface area contributed by atoms with Crippen LogP contribution in [0.3, 0.4) is 0 Å². The minimum atomic E-state index is -4.40. The first-order valence-corrected chi connectivity index (χ1v) is 8.12. The molecule has 2 rings (SSSR count). The van der Waals surface area contributed by atoms with Gasteiger partial charge in [0.25, 0.3) is 0 Å². The fourth-order valence-electron chi connectivity index (χ4n) is 2.59. The molecule has 1 aromatic rings. The molecule has 1 aliphatic carbocycles. The largest absolute Gasteiger partial charge is 0.474 e. The lowest BCUT2D eigenvalue weighted by Crippen LogP contribution is -2.44. The van der Waals surface area contributed by atoms with Crippen LogP contribution in [-0.4, -0.2) is 29.7 Å².